The van der Waals surface area contributed by atoms with Gasteiger partial charge in [-0.05, 0) is 48.3 Å². The van der Waals surface area contributed by atoms with Crippen LogP contribution in [0.1, 0.15) is 49.8 Å². The summed E-state index contributed by atoms with van der Waals surface area (Å²) < 4.78 is 0. The number of hydrogen-bond donors (Lipinski definition) is 3. The molecule has 0 saturated carbocycles. The average molecular weight is 450 g/mol. The number of rotatable bonds is 10. The summed E-state index contributed by atoms with van der Waals surface area (Å²) in [4.78, 5) is 28.1. The third kappa shape index (κ3) is 7.44. The molecular weight excluding hydrogens is 415 g/mol. The van der Waals surface area contributed by atoms with Crippen LogP contribution in [0.4, 0.5) is 4.79 Å². The van der Waals surface area contributed by atoms with Crippen molar-refractivity contribution in [3.8, 4) is 0 Å². The summed E-state index contributed by atoms with van der Waals surface area (Å²) in [5.41, 5.74) is 3.48. The van der Waals surface area contributed by atoms with Crippen LogP contribution in [0, 0.1) is 5.92 Å². The van der Waals surface area contributed by atoms with Gasteiger partial charge in [0, 0.05) is 25.3 Å². The number of urea groups is 1. The van der Waals surface area contributed by atoms with E-state index in [1.807, 2.05) is 62.4 Å². The van der Waals surface area contributed by atoms with Crippen LogP contribution in [0.2, 0.25) is 5.82 Å². The molecule has 0 bridgehead atoms. The number of nitrogens with zero attached hydrogens (tertiary/aromatic N) is 1. The summed E-state index contributed by atoms with van der Waals surface area (Å²) in [6.45, 7) is 5.10. The van der Waals surface area contributed by atoms with Gasteiger partial charge in [0.25, 0.3) is 0 Å². The van der Waals surface area contributed by atoms with Crippen molar-refractivity contribution in [2.45, 2.75) is 64.4 Å². The molecule has 0 unspecified atom stereocenters. The maximum absolute atomic E-state index is 13.2. The van der Waals surface area contributed by atoms with Gasteiger partial charge in [-0.3, -0.25) is 4.79 Å². The summed E-state index contributed by atoms with van der Waals surface area (Å²) >= 11 is 0. The van der Waals surface area contributed by atoms with Crippen LogP contribution < -0.4 is 5.32 Å². The normalized spacial score (nSPS) is 15.0. The number of Topliss-reactive ketones (excluding diaryl/α,β-unsaturated/α-hetero) is 1. The van der Waals surface area contributed by atoms with Crippen molar-refractivity contribution in [1.29, 1.82) is 0 Å². The molecule has 1 heterocycles. The number of ketones is 1. The van der Waals surface area contributed by atoms with Gasteiger partial charge in [-0.2, -0.15) is 0 Å². The first kappa shape index (κ1) is 25.0. The second kappa shape index (κ2) is 12.0. The summed E-state index contributed by atoms with van der Waals surface area (Å²) in [6, 6.07) is 17.0. The Balaban J connectivity index is 1.69. The molecule has 3 N–H and O–H groups in total. The van der Waals surface area contributed by atoms with E-state index in [0.717, 1.165) is 17.5 Å². The van der Waals surface area contributed by atoms with Crippen LogP contribution in [0.25, 0.3) is 0 Å². The summed E-state index contributed by atoms with van der Waals surface area (Å²) in [5, 5.41) is 22.5. The van der Waals surface area contributed by atoms with Crippen molar-refractivity contribution in [1.82, 2.24) is 10.2 Å². The molecule has 3 rings (SSSR count). The maximum Gasteiger partial charge on any atom is 0.455 e. The topological polar surface area (TPSA) is 89.9 Å². The first-order valence-corrected chi connectivity index (χ1v) is 11.9. The molecule has 2 atom stereocenters. The number of hydrogen-bond acceptors (Lipinski definition) is 4. The predicted molar refractivity (Wildman–Crippen MR) is 131 cm³/mol. The van der Waals surface area contributed by atoms with E-state index in [1.54, 1.807) is 4.90 Å². The zero-order chi connectivity index (χ0) is 23.8. The van der Waals surface area contributed by atoms with E-state index in [0.29, 0.717) is 32.4 Å². The third-order valence-corrected chi connectivity index (χ3v) is 6.33. The Morgan fingerprint density at radius 3 is 2.36 bits per heavy atom. The van der Waals surface area contributed by atoms with Crippen LogP contribution in [0.15, 0.2) is 54.6 Å². The number of fused-ring (bicyclic) bond motifs is 1. The Bertz CT molecular complexity index is 920. The second-order valence-electron chi connectivity index (χ2n) is 9.44. The summed E-state index contributed by atoms with van der Waals surface area (Å²) in [5.74, 6) is -0.471. The molecular formula is C26H35BN2O4. The molecule has 0 aliphatic carbocycles. The van der Waals surface area contributed by atoms with Gasteiger partial charge in [0.05, 0.1) is 6.04 Å². The van der Waals surface area contributed by atoms with Gasteiger partial charge in [0.2, 0.25) is 0 Å². The van der Waals surface area contributed by atoms with Crippen molar-refractivity contribution >= 4 is 18.9 Å². The molecule has 0 spiro atoms. The highest BCUT2D eigenvalue weighted by Gasteiger charge is 2.31. The molecule has 0 saturated heterocycles. The van der Waals surface area contributed by atoms with Crippen molar-refractivity contribution < 1.29 is 19.6 Å². The van der Waals surface area contributed by atoms with Crippen LogP contribution in [-0.2, 0) is 24.2 Å². The minimum atomic E-state index is -1.56. The van der Waals surface area contributed by atoms with Gasteiger partial charge in [-0.25, -0.2) is 4.79 Å². The lowest BCUT2D eigenvalue weighted by atomic mass is 9.66. The lowest BCUT2D eigenvalue weighted by molar-refractivity contribution is -0.121. The number of benzene rings is 2. The first-order valence-electron chi connectivity index (χ1n) is 11.9. The van der Waals surface area contributed by atoms with Crippen LogP contribution >= 0.6 is 0 Å². The van der Waals surface area contributed by atoms with E-state index >= 15 is 0 Å². The number of carbonyl (C=O) groups is 2. The zero-order valence-corrected chi connectivity index (χ0v) is 19.6. The van der Waals surface area contributed by atoms with E-state index in [1.165, 1.54) is 5.56 Å². The molecule has 2 aromatic rings. The molecule has 2 amide bonds. The Morgan fingerprint density at radius 2 is 1.70 bits per heavy atom. The van der Waals surface area contributed by atoms with E-state index in [4.69, 9.17) is 0 Å². The molecule has 0 fully saturated rings. The standard InChI is InChI=1S/C26H35BN2O4/c1-19(2)16-23(27(32)33)17-25(30)24(13-12-20-8-4-3-5-9-20)28-26(31)29-15-14-21-10-6-7-11-22(21)18-29/h3-11,19,23-24,32-33H,12-18H2,1-2H3,(H,28,31)/t23-,24+/m1/s1. The van der Waals surface area contributed by atoms with Gasteiger partial charge < -0.3 is 20.3 Å². The minimum absolute atomic E-state index is 0.0262. The van der Waals surface area contributed by atoms with Gasteiger partial charge in [0.1, 0.15) is 0 Å². The first-order chi connectivity index (χ1) is 15.8. The number of nitrogens with one attached hydrogen (secondary N) is 1. The maximum atomic E-state index is 13.2. The third-order valence-electron chi connectivity index (χ3n) is 6.33. The molecule has 0 aromatic heterocycles. The van der Waals surface area contributed by atoms with Gasteiger partial charge >= 0.3 is 13.1 Å². The van der Waals surface area contributed by atoms with Crippen molar-refractivity contribution in [3.63, 3.8) is 0 Å². The lowest BCUT2D eigenvalue weighted by Gasteiger charge is -2.31. The van der Waals surface area contributed by atoms with E-state index in [9.17, 15) is 19.6 Å². The predicted octanol–water partition coefficient (Wildman–Crippen LogP) is 3.60. The van der Waals surface area contributed by atoms with Crippen LogP contribution in [0.3, 0.4) is 0 Å². The number of aryl methyl sites for hydroxylation is 1. The molecule has 33 heavy (non-hydrogen) atoms. The van der Waals surface area contributed by atoms with E-state index in [2.05, 4.69) is 11.4 Å². The number of amides is 2. The fourth-order valence-electron chi connectivity index (χ4n) is 4.50. The second-order valence-corrected chi connectivity index (χ2v) is 9.44. The Labute approximate surface area is 197 Å². The van der Waals surface area contributed by atoms with E-state index in [-0.39, 0.29) is 24.2 Å². The molecule has 0 radical (unpaired) electrons. The quantitative estimate of drug-likeness (QED) is 0.483. The smallest absolute Gasteiger partial charge is 0.427 e. The average Bonchev–Trinajstić information content (AvgIpc) is 2.81. The van der Waals surface area contributed by atoms with Crippen molar-refractivity contribution in [2.75, 3.05) is 6.54 Å². The Morgan fingerprint density at radius 1 is 1.03 bits per heavy atom. The van der Waals surface area contributed by atoms with Crippen molar-refractivity contribution in [3.05, 3.63) is 71.3 Å². The fraction of sp³-hybridized carbons (Fsp3) is 0.462. The van der Waals surface area contributed by atoms with E-state index < -0.39 is 19.0 Å². The summed E-state index contributed by atoms with van der Waals surface area (Å²) in [6.07, 6.45) is 2.47. The highest BCUT2D eigenvalue weighted by molar-refractivity contribution is 6.43. The molecule has 6 nitrogen and oxygen atoms in total. The molecule has 176 valence electrons. The lowest BCUT2D eigenvalue weighted by Crippen LogP contribution is -2.49. The highest BCUT2D eigenvalue weighted by atomic mass is 16.4. The molecule has 2 aromatic carbocycles. The zero-order valence-electron chi connectivity index (χ0n) is 19.6. The molecule has 1 aliphatic heterocycles. The molecule has 1 aliphatic rings. The monoisotopic (exact) mass is 450 g/mol. The van der Waals surface area contributed by atoms with Gasteiger partial charge in [-0.15, -0.1) is 0 Å². The SMILES string of the molecule is CC(C)C[C@H](CC(=O)[C@H](CCc1ccccc1)NC(=O)N1CCc2ccccc2C1)B(O)O. The van der Waals surface area contributed by atoms with Gasteiger partial charge in [0.15, 0.2) is 5.78 Å². The van der Waals surface area contributed by atoms with Crippen LogP contribution in [0.5, 0.6) is 0 Å². The largest absolute Gasteiger partial charge is 0.455 e. The Kier molecular flexibility index (Phi) is 9.09. The minimum Gasteiger partial charge on any atom is -0.427 e. The molecule has 7 heteroatoms. The van der Waals surface area contributed by atoms with Crippen molar-refractivity contribution in [2.24, 2.45) is 5.92 Å². The Hall–Kier alpha value is -2.64. The summed E-state index contributed by atoms with van der Waals surface area (Å²) in [7, 11) is -1.56. The van der Waals surface area contributed by atoms with Crippen LogP contribution in [-0.4, -0.2) is 46.5 Å². The number of carbonyl (C=O) groups excluding carboxylic acids is 2. The fourth-order valence-corrected chi connectivity index (χ4v) is 4.50. The highest BCUT2D eigenvalue weighted by Crippen LogP contribution is 2.25. The van der Waals surface area contributed by atoms with Gasteiger partial charge in [-0.1, -0.05) is 68.4 Å².